The number of carboxylic acids is 1. The van der Waals surface area contributed by atoms with Gasteiger partial charge in [0.05, 0.1) is 18.6 Å². The molecule has 24 heavy (non-hydrogen) atoms. The van der Waals surface area contributed by atoms with Gasteiger partial charge in [0.25, 0.3) is 5.91 Å². The molecule has 1 aliphatic rings. The van der Waals surface area contributed by atoms with Crippen molar-refractivity contribution in [3.05, 3.63) is 29.8 Å². The first-order chi connectivity index (χ1) is 11.2. The Morgan fingerprint density at radius 3 is 2.62 bits per heavy atom. The van der Waals surface area contributed by atoms with Crippen molar-refractivity contribution in [2.24, 2.45) is 0 Å². The Balaban J connectivity index is 2.00. The fourth-order valence-electron chi connectivity index (χ4n) is 2.87. The minimum atomic E-state index is -0.959. The lowest BCUT2D eigenvalue weighted by atomic mass is 9.86. The lowest BCUT2D eigenvalue weighted by Gasteiger charge is -2.27. The molecular weight excluding hydrogens is 310 g/mol. The molecule has 6 heteroatoms. The summed E-state index contributed by atoms with van der Waals surface area (Å²) in [5.41, 5.74) is 0.0782. The minimum absolute atomic E-state index is 0.100. The van der Waals surface area contributed by atoms with Gasteiger partial charge in [0, 0.05) is 6.61 Å². The zero-order chi connectivity index (χ0) is 17.8. The molecule has 132 valence electrons. The van der Waals surface area contributed by atoms with Crippen LogP contribution in [0.5, 0.6) is 5.75 Å². The summed E-state index contributed by atoms with van der Waals surface area (Å²) in [4.78, 5) is 23.3. The smallest absolute Gasteiger partial charge is 0.305 e. The molecule has 0 radical (unpaired) electrons. The Bertz CT molecular complexity index is 600. The first-order valence-electron chi connectivity index (χ1n) is 8.05. The molecule has 1 unspecified atom stereocenters. The molecule has 2 rings (SSSR count). The number of benzene rings is 1. The highest BCUT2D eigenvalue weighted by molar-refractivity contribution is 5.79. The first-order valence-corrected chi connectivity index (χ1v) is 8.05. The number of hydrogen-bond donors (Lipinski definition) is 2. The quantitative estimate of drug-likeness (QED) is 0.832. The van der Waals surface area contributed by atoms with Gasteiger partial charge >= 0.3 is 5.97 Å². The second-order valence-electron chi connectivity index (χ2n) is 7.24. The number of ether oxygens (including phenoxy) is 2. The van der Waals surface area contributed by atoms with Crippen LogP contribution in [-0.2, 0) is 19.7 Å². The maximum Gasteiger partial charge on any atom is 0.305 e. The van der Waals surface area contributed by atoms with Crippen LogP contribution in [0.1, 0.15) is 39.2 Å². The van der Waals surface area contributed by atoms with Crippen LogP contribution in [0.15, 0.2) is 24.3 Å². The number of aliphatic carboxylic acids is 1. The van der Waals surface area contributed by atoms with Crippen LogP contribution >= 0.6 is 0 Å². The minimum Gasteiger partial charge on any atom is -0.483 e. The largest absolute Gasteiger partial charge is 0.483 e. The summed E-state index contributed by atoms with van der Waals surface area (Å²) in [6.07, 6.45) is 0.334. The topological polar surface area (TPSA) is 84.9 Å². The normalized spacial score (nSPS) is 20.6. The Morgan fingerprint density at radius 1 is 1.33 bits per heavy atom. The average Bonchev–Trinajstić information content (AvgIpc) is 2.91. The number of hydrogen-bond acceptors (Lipinski definition) is 4. The third kappa shape index (κ3) is 4.71. The number of carboxylic acid groups (broad SMARTS) is 1. The van der Waals surface area contributed by atoms with Crippen LogP contribution in [-0.4, -0.2) is 42.3 Å². The molecule has 1 aliphatic heterocycles. The van der Waals surface area contributed by atoms with Crippen molar-refractivity contribution in [1.82, 2.24) is 5.32 Å². The average molecular weight is 335 g/mol. The van der Waals surface area contributed by atoms with Gasteiger partial charge in [-0.05, 0) is 23.5 Å². The lowest BCUT2D eigenvalue weighted by Crippen LogP contribution is -2.51. The van der Waals surface area contributed by atoms with Crippen molar-refractivity contribution in [2.75, 3.05) is 19.8 Å². The maximum atomic E-state index is 12.2. The summed E-state index contributed by atoms with van der Waals surface area (Å²) in [5, 5.41) is 11.8. The van der Waals surface area contributed by atoms with Gasteiger partial charge < -0.3 is 19.9 Å². The first kappa shape index (κ1) is 18.3. The Kier molecular flexibility index (Phi) is 5.49. The fraction of sp³-hybridized carbons (Fsp3) is 0.556. The third-order valence-corrected chi connectivity index (χ3v) is 4.05. The summed E-state index contributed by atoms with van der Waals surface area (Å²) in [6.45, 7) is 6.73. The van der Waals surface area contributed by atoms with E-state index in [0.29, 0.717) is 18.8 Å². The van der Waals surface area contributed by atoms with Crippen LogP contribution in [0.4, 0.5) is 0 Å². The van der Waals surface area contributed by atoms with E-state index in [0.717, 1.165) is 5.56 Å². The summed E-state index contributed by atoms with van der Waals surface area (Å²) in [5.74, 6) is -0.639. The second-order valence-corrected chi connectivity index (χ2v) is 7.24. The molecule has 1 amide bonds. The predicted octanol–water partition coefficient (Wildman–Crippen LogP) is 2.11. The summed E-state index contributed by atoms with van der Waals surface area (Å²) >= 11 is 0. The SMILES string of the molecule is CC(C)(C)c1ccccc1OCC(=O)NC1(CC(=O)O)CCOC1. The number of nitrogens with one attached hydrogen (secondary N) is 1. The van der Waals surface area contributed by atoms with E-state index in [9.17, 15) is 9.59 Å². The molecule has 6 nitrogen and oxygen atoms in total. The molecule has 1 aromatic rings. The molecule has 1 fully saturated rings. The third-order valence-electron chi connectivity index (χ3n) is 4.05. The number of rotatable bonds is 6. The van der Waals surface area contributed by atoms with E-state index < -0.39 is 11.5 Å². The molecular formula is C18H25NO5. The Morgan fingerprint density at radius 2 is 2.04 bits per heavy atom. The maximum absolute atomic E-state index is 12.2. The van der Waals surface area contributed by atoms with E-state index in [2.05, 4.69) is 26.1 Å². The summed E-state index contributed by atoms with van der Waals surface area (Å²) < 4.78 is 11.0. The predicted molar refractivity (Wildman–Crippen MR) is 89.2 cm³/mol. The monoisotopic (exact) mass is 335 g/mol. The molecule has 0 aromatic heterocycles. The summed E-state index contributed by atoms with van der Waals surface area (Å²) in [6, 6.07) is 7.61. The molecule has 0 aliphatic carbocycles. The second kappa shape index (κ2) is 7.21. The van der Waals surface area contributed by atoms with Crippen molar-refractivity contribution in [3.63, 3.8) is 0 Å². The Hall–Kier alpha value is -2.08. The summed E-state index contributed by atoms with van der Waals surface area (Å²) in [7, 11) is 0. The molecule has 0 bridgehead atoms. The standard InChI is InChI=1S/C18H25NO5/c1-17(2,3)13-6-4-5-7-14(13)24-11-15(20)19-18(10-16(21)22)8-9-23-12-18/h4-7H,8-12H2,1-3H3,(H,19,20)(H,21,22). The van der Waals surface area contributed by atoms with E-state index >= 15 is 0 Å². The van der Waals surface area contributed by atoms with Crippen molar-refractivity contribution in [3.8, 4) is 5.75 Å². The molecule has 1 aromatic carbocycles. The fourth-order valence-corrected chi connectivity index (χ4v) is 2.87. The molecule has 0 saturated carbocycles. The number of carbonyl (C=O) groups is 2. The zero-order valence-corrected chi connectivity index (χ0v) is 14.4. The molecule has 0 spiro atoms. The highest BCUT2D eigenvalue weighted by Crippen LogP contribution is 2.31. The molecule has 1 saturated heterocycles. The van der Waals surface area contributed by atoms with Crippen molar-refractivity contribution in [2.45, 2.75) is 44.6 Å². The molecule has 1 atom stereocenters. The zero-order valence-electron chi connectivity index (χ0n) is 14.4. The van der Waals surface area contributed by atoms with Gasteiger partial charge in [0.1, 0.15) is 5.75 Å². The van der Waals surface area contributed by atoms with E-state index in [4.69, 9.17) is 14.6 Å². The number of amides is 1. The van der Waals surface area contributed by atoms with Crippen molar-refractivity contribution >= 4 is 11.9 Å². The van der Waals surface area contributed by atoms with E-state index in [1.165, 1.54) is 0 Å². The van der Waals surface area contributed by atoms with E-state index in [1.807, 2.05) is 24.3 Å². The van der Waals surface area contributed by atoms with Gasteiger partial charge in [-0.25, -0.2) is 0 Å². The van der Waals surface area contributed by atoms with Gasteiger partial charge in [-0.2, -0.15) is 0 Å². The molecule has 2 N–H and O–H groups in total. The van der Waals surface area contributed by atoms with Gasteiger partial charge in [-0.15, -0.1) is 0 Å². The van der Waals surface area contributed by atoms with Gasteiger partial charge in [0.2, 0.25) is 0 Å². The Labute approximate surface area is 142 Å². The van der Waals surface area contributed by atoms with Crippen LogP contribution < -0.4 is 10.1 Å². The van der Waals surface area contributed by atoms with E-state index in [1.54, 1.807) is 0 Å². The van der Waals surface area contributed by atoms with Crippen molar-refractivity contribution < 1.29 is 24.2 Å². The highest BCUT2D eigenvalue weighted by Gasteiger charge is 2.38. The van der Waals surface area contributed by atoms with Gasteiger partial charge in [0.15, 0.2) is 6.61 Å². The van der Waals surface area contributed by atoms with Crippen LogP contribution in [0.3, 0.4) is 0 Å². The van der Waals surface area contributed by atoms with E-state index in [-0.39, 0.29) is 31.0 Å². The van der Waals surface area contributed by atoms with Crippen LogP contribution in [0.2, 0.25) is 0 Å². The van der Waals surface area contributed by atoms with Gasteiger partial charge in [-0.3, -0.25) is 9.59 Å². The highest BCUT2D eigenvalue weighted by atomic mass is 16.5. The number of para-hydroxylation sites is 1. The van der Waals surface area contributed by atoms with Crippen molar-refractivity contribution in [1.29, 1.82) is 0 Å². The van der Waals surface area contributed by atoms with Crippen LogP contribution in [0, 0.1) is 0 Å². The number of carbonyl (C=O) groups excluding carboxylic acids is 1. The van der Waals surface area contributed by atoms with Gasteiger partial charge in [-0.1, -0.05) is 39.0 Å². The molecule has 1 heterocycles. The lowest BCUT2D eigenvalue weighted by molar-refractivity contribution is -0.139. The van der Waals surface area contributed by atoms with Crippen LogP contribution in [0.25, 0.3) is 0 Å².